The van der Waals surface area contributed by atoms with Gasteiger partial charge in [0, 0.05) is 10.0 Å². The highest BCUT2D eigenvalue weighted by atomic mass is 35.5. The van der Waals surface area contributed by atoms with Crippen LogP contribution < -0.4 is 4.74 Å². The Morgan fingerprint density at radius 1 is 0.947 bits per heavy atom. The van der Waals surface area contributed by atoms with E-state index in [2.05, 4.69) is 57.3 Å². The van der Waals surface area contributed by atoms with Crippen LogP contribution in [0.4, 0.5) is 0 Å². The van der Waals surface area contributed by atoms with Crippen LogP contribution in [-0.4, -0.2) is 53.0 Å². The maximum absolute atomic E-state index is 6.78. The third-order valence-electron chi connectivity index (χ3n) is 6.91. The molecule has 2 aromatic heterocycles. The second-order valence-corrected chi connectivity index (χ2v) is 11.5. The zero-order chi connectivity index (χ0) is 26.7. The number of nitrogens with zero attached hydrogens (tertiary/aromatic N) is 8. The predicted molar refractivity (Wildman–Crippen MR) is 146 cm³/mol. The zero-order valence-corrected chi connectivity index (χ0v) is 23.3. The average Bonchev–Trinajstić information content (AvgIpc) is 3.59. The third-order valence-corrected chi connectivity index (χ3v) is 7.50. The summed E-state index contributed by atoms with van der Waals surface area (Å²) in [6.45, 7) is 8.31. The first-order chi connectivity index (χ1) is 18.3. The Bertz CT molecular complexity index is 1310. The van der Waals surface area contributed by atoms with Gasteiger partial charge in [0.05, 0.1) is 6.04 Å². The monoisotopic (exact) mass is 554 g/mol. The van der Waals surface area contributed by atoms with Crippen molar-refractivity contribution in [2.45, 2.75) is 58.3 Å². The molecular weight excluding hydrogens is 523 g/mol. The molecule has 0 amide bonds. The smallest absolute Gasteiger partial charge is 0.215 e. The van der Waals surface area contributed by atoms with Crippen molar-refractivity contribution in [3.05, 3.63) is 82.6 Å². The maximum Gasteiger partial charge on any atom is 0.215 e. The molecule has 2 aromatic carbocycles. The first kappa shape index (κ1) is 26.6. The predicted octanol–water partition coefficient (Wildman–Crippen LogP) is 6.01. The molecule has 0 N–H and O–H groups in total. The van der Waals surface area contributed by atoms with Crippen molar-refractivity contribution in [3.63, 3.8) is 0 Å². The van der Waals surface area contributed by atoms with E-state index in [1.165, 1.54) is 12.7 Å². The van der Waals surface area contributed by atoms with Crippen molar-refractivity contribution in [1.29, 1.82) is 0 Å². The van der Waals surface area contributed by atoms with Gasteiger partial charge in [-0.2, -0.15) is 5.10 Å². The van der Waals surface area contributed by atoms with Crippen LogP contribution >= 0.6 is 23.2 Å². The molecule has 9 nitrogen and oxygen atoms in total. The van der Waals surface area contributed by atoms with Gasteiger partial charge < -0.3 is 4.74 Å². The molecule has 3 unspecified atom stereocenters. The van der Waals surface area contributed by atoms with Crippen LogP contribution in [0.2, 0.25) is 10.0 Å². The number of hydrogen-bond acceptors (Lipinski definition) is 7. The number of ether oxygens (including phenoxy) is 1. The van der Waals surface area contributed by atoms with E-state index in [0.29, 0.717) is 21.6 Å². The fourth-order valence-electron chi connectivity index (χ4n) is 5.13. The minimum atomic E-state index is -0.603. The fraction of sp³-hybridized carbons (Fsp3) is 0.444. The largest absolute Gasteiger partial charge is 0.466 e. The lowest BCUT2D eigenvalue weighted by Gasteiger charge is -2.39. The molecule has 0 spiro atoms. The Morgan fingerprint density at radius 2 is 1.68 bits per heavy atom. The lowest BCUT2D eigenvalue weighted by atomic mass is 9.85. The third kappa shape index (κ3) is 5.70. The lowest BCUT2D eigenvalue weighted by Crippen LogP contribution is -2.41. The molecule has 1 saturated heterocycles. The normalized spacial score (nSPS) is 17.2. The Labute approximate surface area is 232 Å². The molecule has 3 heterocycles. The van der Waals surface area contributed by atoms with Gasteiger partial charge in [-0.1, -0.05) is 68.6 Å². The van der Waals surface area contributed by atoms with Gasteiger partial charge in [-0.05, 0) is 77.7 Å². The number of rotatable bonds is 8. The van der Waals surface area contributed by atoms with Crippen molar-refractivity contribution in [3.8, 4) is 5.75 Å². The standard InChI is InChI=1S/C27H32Cl2N8O/c1-27(2,3)24(26(36-18-30-17-31-36)38-20-13-11-19(28)12-14-20)37-25(32-33-34-37)23(35-15-7-4-8-16-35)21-9-5-6-10-22(21)29/h5-6,9-14,17-18,23-24,26H,4,7-8,15-16H2,1-3H3. The summed E-state index contributed by atoms with van der Waals surface area (Å²) < 4.78 is 10.2. The van der Waals surface area contributed by atoms with Gasteiger partial charge in [-0.25, -0.2) is 14.3 Å². The Balaban J connectivity index is 1.63. The molecule has 1 fully saturated rings. The quantitative estimate of drug-likeness (QED) is 0.263. The van der Waals surface area contributed by atoms with Crippen LogP contribution in [0.1, 0.15) is 69.7 Å². The van der Waals surface area contributed by atoms with Crippen LogP contribution in [0.3, 0.4) is 0 Å². The van der Waals surface area contributed by atoms with Gasteiger partial charge in [0.1, 0.15) is 24.4 Å². The molecule has 1 aliphatic heterocycles. The minimum Gasteiger partial charge on any atom is -0.466 e. The van der Waals surface area contributed by atoms with Gasteiger partial charge >= 0.3 is 0 Å². The summed E-state index contributed by atoms with van der Waals surface area (Å²) in [4.78, 5) is 6.63. The molecule has 0 aliphatic carbocycles. The summed E-state index contributed by atoms with van der Waals surface area (Å²) in [5.74, 6) is 1.36. The molecule has 0 bridgehead atoms. The van der Waals surface area contributed by atoms with E-state index >= 15 is 0 Å². The van der Waals surface area contributed by atoms with E-state index in [9.17, 15) is 0 Å². The summed E-state index contributed by atoms with van der Waals surface area (Å²) in [7, 11) is 0. The number of piperidine rings is 1. The van der Waals surface area contributed by atoms with Gasteiger partial charge in [0.25, 0.3) is 0 Å². The highest BCUT2D eigenvalue weighted by molar-refractivity contribution is 6.31. The van der Waals surface area contributed by atoms with E-state index in [4.69, 9.17) is 27.9 Å². The molecule has 11 heteroatoms. The van der Waals surface area contributed by atoms with Crippen LogP contribution in [0.5, 0.6) is 5.75 Å². The van der Waals surface area contributed by atoms with E-state index in [1.807, 2.05) is 35.0 Å². The lowest BCUT2D eigenvalue weighted by molar-refractivity contribution is -0.00232. The van der Waals surface area contributed by atoms with E-state index in [-0.39, 0.29) is 17.5 Å². The van der Waals surface area contributed by atoms with Crippen molar-refractivity contribution >= 4 is 23.2 Å². The summed E-state index contributed by atoms with van der Waals surface area (Å²) in [6.07, 6.45) is 6.00. The molecule has 5 rings (SSSR count). The molecule has 0 saturated carbocycles. The van der Waals surface area contributed by atoms with Crippen LogP contribution in [0.25, 0.3) is 0 Å². The van der Waals surface area contributed by atoms with E-state index < -0.39 is 6.23 Å². The fourth-order valence-corrected chi connectivity index (χ4v) is 5.50. The van der Waals surface area contributed by atoms with Gasteiger partial charge in [-0.3, -0.25) is 4.90 Å². The Morgan fingerprint density at radius 3 is 2.34 bits per heavy atom. The second-order valence-electron chi connectivity index (χ2n) is 10.7. The van der Waals surface area contributed by atoms with Crippen molar-refractivity contribution in [2.24, 2.45) is 5.41 Å². The van der Waals surface area contributed by atoms with E-state index in [1.54, 1.807) is 23.1 Å². The van der Waals surface area contributed by atoms with Gasteiger partial charge in [0.2, 0.25) is 6.23 Å². The van der Waals surface area contributed by atoms with Crippen molar-refractivity contribution in [1.82, 2.24) is 39.9 Å². The van der Waals surface area contributed by atoms with Crippen LogP contribution in [-0.2, 0) is 0 Å². The van der Waals surface area contributed by atoms with Crippen LogP contribution in [0, 0.1) is 5.41 Å². The Hall–Kier alpha value is -3.01. The number of aromatic nitrogens is 7. The highest BCUT2D eigenvalue weighted by Gasteiger charge is 2.42. The Kier molecular flexibility index (Phi) is 7.97. The molecule has 3 atom stereocenters. The molecule has 1 aliphatic rings. The molecule has 38 heavy (non-hydrogen) atoms. The summed E-state index contributed by atoms with van der Waals surface area (Å²) in [5.41, 5.74) is 0.635. The number of likely N-dealkylation sites (tertiary alicyclic amines) is 1. The SMILES string of the molecule is CC(C)(C)C(C(Oc1ccc(Cl)cc1)n1cncn1)n1nnnc1C(c1ccccc1Cl)N1CCCCC1. The summed E-state index contributed by atoms with van der Waals surface area (Å²) in [5, 5.41) is 19.1. The average molecular weight is 556 g/mol. The van der Waals surface area contributed by atoms with E-state index in [0.717, 1.165) is 31.5 Å². The number of hydrogen-bond donors (Lipinski definition) is 0. The minimum absolute atomic E-state index is 0.212. The summed E-state index contributed by atoms with van der Waals surface area (Å²) in [6, 6.07) is 14.6. The van der Waals surface area contributed by atoms with Gasteiger partial charge in [-0.15, -0.1) is 5.10 Å². The zero-order valence-electron chi connectivity index (χ0n) is 21.8. The number of benzene rings is 2. The van der Waals surface area contributed by atoms with Gasteiger partial charge in [0.15, 0.2) is 5.82 Å². The molecule has 0 radical (unpaired) electrons. The summed E-state index contributed by atoms with van der Waals surface area (Å²) >= 11 is 12.9. The number of halogens is 2. The molecule has 4 aromatic rings. The highest BCUT2D eigenvalue weighted by Crippen LogP contribution is 2.43. The second kappa shape index (κ2) is 11.4. The first-order valence-electron chi connectivity index (χ1n) is 12.9. The molecule has 200 valence electrons. The maximum atomic E-state index is 6.78. The van der Waals surface area contributed by atoms with Crippen LogP contribution in [0.15, 0.2) is 61.2 Å². The van der Waals surface area contributed by atoms with Crippen molar-refractivity contribution < 1.29 is 4.74 Å². The van der Waals surface area contributed by atoms with Crippen molar-refractivity contribution in [2.75, 3.05) is 13.1 Å². The molecular formula is C27H32Cl2N8O. The number of tetrazole rings is 1. The topological polar surface area (TPSA) is 86.8 Å². The first-order valence-corrected chi connectivity index (χ1v) is 13.6.